The van der Waals surface area contributed by atoms with Crippen LogP contribution in [0.15, 0.2) is 164 Å². The van der Waals surface area contributed by atoms with Crippen molar-refractivity contribution in [2.45, 2.75) is 0 Å². The molecule has 0 saturated heterocycles. The lowest BCUT2D eigenvalue weighted by molar-refractivity contribution is 0.487. The highest BCUT2D eigenvalue weighted by molar-refractivity contribution is 6.13. The molecule has 10 rings (SSSR count). The number of aromatic nitrogens is 1. The zero-order valence-corrected chi connectivity index (χ0v) is 24.9. The number of para-hydroxylation sites is 1. The van der Waals surface area contributed by atoms with Crippen LogP contribution in [0.25, 0.3) is 82.4 Å². The topological polar surface area (TPSA) is 14.2 Å². The number of fused-ring (bicyclic) bond motifs is 6. The molecule has 0 radical (unpaired) electrons. The SMILES string of the molecule is c1cc(-c2ccc(-n3c4ccccc4c4cc5ccccc5cc43)cc2)cc(-c2ccc3c(c2)-c2cccc4cccc(c24)O3)c1. The molecular weight excluding hydrogens is 558 g/mol. The average molecular weight is 586 g/mol. The van der Waals surface area contributed by atoms with Crippen LogP contribution in [-0.2, 0) is 0 Å². The third-order valence-corrected chi connectivity index (χ3v) is 9.55. The highest BCUT2D eigenvalue weighted by Gasteiger charge is 2.20. The summed E-state index contributed by atoms with van der Waals surface area (Å²) in [5.74, 6) is 1.83. The molecule has 2 heteroatoms. The number of hydrogen-bond acceptors (Lipinski definition) is 1. The van der Waals surface area contributed by atoms with Crippen molar-refractivity contribution in [3.8, 4) is 50.6 Å². The van der Waals surface area contributed by atoms with Crippen LogP contribution in [0.3, 0.4) is 0 Å². The van der Waals surface area contributed by atoms with Gasteiger partial charge < -0.3 is 9.30 Å². The van der Waals surface area contributed by atoms with Gasteiger partial charge in [0.2, 0.25) is 0 Å². The van der Waals surface area contributed by atoms with Crippen LogP contribution in [0.4, 0.5) is 0 Å². The van der Waals surface area contributed by atoms with E-state index in [0.29, 0.717) is 0 Å². The molecule has 2 heterocycles. The molecule has 0 aliphatic carbocycles. The van der Waals surface area contributed by atoms with Crippen molar-refractivity contribution >= 4 is 43.4 Å². The summed E-state index contributed by atoms with van der Waals surface area (Å²) < 4.78 is 8.74. The Kier molecular flexibility index (Phi) is 5.31. The molecule has 0 fully saturated rings. The van der Waals surface area contributed by atoms with E-state index in [4.69, 9.17) is 4.74 Å². The fraction of sp³-hybridized carbons (Fsp3) is 0. The highest BCUT2D eigenvalue weighted by atomic mass is 16.5. The number of ether oxygens (including phenoxy) is 1. The third kappa shape index (κ3) is 3.77. The van der Waals surface area contributed by atoms with Crippen molar-refractivity contribution in [3.63, 3.8) is 0 Å². The molecule has 0 saturated carbocycles. The summed E-state index contributed by atoms with van der Waals surface area (Å²) in [7, 11) is 0. The normalized spacial score (nSPS) is 12.1. The Balaban J connectivity index is 1.05. The molecule has 0 bridgehead atoms. The molecule has 0 unspecified atom stereocenters. The molecule has 2 nitrogen and oxygen atoms in total. The van der Waals surface area contributed by atoms with Crippen LogP contribution in [-0.4, -0.2) is 4.57 Å². The Bertz CT molecular complexity index is 2660. The van der Waals surface area contributed by atoms with Crippen molar-refractivity contribution in [1.82, 2.24) is 4.57 Å². The number of benzene rings is 8. The Morgan fingerprint density at radius 2 is 1.04 bits per heavy atom. The van der Waals surface area contributed by atoms with Crippen LogP contribution in [0, 0.1) is 0 Å². The minimum atomic E-state index is 0.903. The summed E-state index contributed by atoms with van der Waals surface area (Å²) in [6, 6.07) is 59.1. The van der Waals surface area contributed by atoms with E-state index in [1.54, 1.807) is 0 Å². The van der Waals surface area contributed by atoms with E-state index >= 15 is 0 Å². The quantitative estimate of drug-likeness (QED) is 0.201. The van der Waals surface area contributed by atoms with Gasteiger partial charge in [-0.25, -0.2) is 0 Å². The Morgan fingerprint density at radius 1 is 0.370 bits per heavy atom. The predicted octanol–water partition coefficient (Wildman–Crippen LogP) is 12.2. The molecule has 0 atom stereocenters. The van der Waals surface area contributed by atoms with Crippen molar-refractivity contribution in [3.05, 3.63) is 164 Å². The first-order valence-electron chi connectivity index (χ1n) is 15.8. The van der Waals surface area contributed by atoms with Gasteiger partial charge in [0, 0.05) is 27.4 Å². The maximum atomic E-state index is 6.35. The summed E-state index contributed by atoms with van der Waals surface area (Å²) >= 11 is 0. The van der Waals surface area contributed by atoms with Gasteiger partial charge in [-0.3, -0.25) is 0 Å². The van der Waals surface area contributed by atoms with E-state index in [9.17, 15) is 0 Å². The second kappa shape index (κ2) is 9.69. The van der Waals surface area contributed by atoms with Gasteiger partial charge in [-0.15, -0.1) is 0 Å². The molecule has 214 valence electrons. The molecule has 0 spiro atoms. The average Bonchev–Trinajstić information content (AvgIpc) is 3.44. The van der Waals surface area contributed by atoms with Crippen LogP contribution in [0.2, 0.25) is 0 Å². The van der Waals surface area contributed by atoms with Gasteiger partial charge in [-0.1, -0.05) is 109 Å². The van der Waals surface area contributed by atoms with Gasteiger partial charge in [0.15, 0.2) is 0 Å². The number of nitrogens with zero attached hydrogens (tertiary/aromatic N) is 1. The monoisotopic (exact) mass is 585 g/mol. The molecule has 1 aliphatic heterocycles. The summed E-state index contributed by atoms with van der Waals surface area (Å²) in [5, 5.41) is 7.45. The second-order valence-corrected chi connectivity index (χ2v) is 12.2. The zero-order valence-electron chi connectivity index (χ0n) is 24.9. The van der Waals surface area contributed by atoms with Crippen molar-refractivity contribution < 1.29 is 4.74 Å². The molecule has 0 amide bonds. The highest BCUT2D eigenvalue weighted by Crippen LogP contribution is 2.47. The van der Waals surface area contributed by atoms with E-state index in [-0.39, 0.29) is 0 Å². The lowest BCUT2D eigenvalue weighted by atomic mass is 9.91. The summed E-state index contributed by atoms with van der Waals surface area (Å²) in [6.07, 6.45) is 0. The molecular formula is C44H27NO. The van der Waals surface area contributed by atoms with E-state index in [1.807, 2.05) is 0 Å². The predicted molar refractivity (Wildman–Crippen MR) is 192 cm³/mol. The minimum absolute atomic E-state index is 0.903. The van der Waals surface area contributed by atoms with Crippen molar-refractivity contribution in [1.29, 1.82) is 0 Å². The van der Waals surface area contributed by atoms with Crippen LogP contribution < -0.4 is 4.74 Å². The lowest BCUT2D eigenvalue weighted by Crippen LogP contribution is -1.97. The Morgan fingerprint density at radius 3 is 1.91 bits per heavy atom. The molecule has 8 aromatic carbocycles. The van der Waals surface area contributed by atoms with E-state index < -0.39 is 0 Å². The minimum Gasteiger partial charge on any atom is -0.456 e. The first-order valence-corrected chi connectivity index (χ1v) is 15.8. The first-order chi connectivity index (χ1) is 22.8. The van der Waals surface area contributed by atoms with Gasteiger partial charge in [-0.05, 0) is 98.6 Å². The number of hydrogen-bond donors (Lipinski definition) is 0. The zero-order chi connectivity index (χ0) is 30.2. The molecule has 1 aliphatic rings. The summed E-state index contributed by atoms with van der Waals surface area (Å²) in [4.78, 5) is 0. The number of rotatable bonds is 3. The molecule has 46 heavy (non-hydrogen) atoms. The summed E-state index contributed by atoms with van der Waals surface area (Å²) in [6.45, 7) is 0. The Labute approximate surface area is 266 Å². The van der Waals surface area contributed by atoms with E-state index in [2.05, 4.69) is 168 Å². The van der Waals surface area contributed by atoms with Crippen molar-refractivity contribution in [2.75, 3.05) is 0 Å². The van der Waals surface area contributed by atoms with E-state index in [1.165, 1.54) is 71.2 Å². The standard InChI is InChI=1S/C44H27NO/c1-2-9-33-27-41-38(25-32(33)8-1)36-14-3-4-16-40(36)45(41)35-21-18-28(19-22-35)30-12-5-13-31(24-30)34-20-23-42-39(26-34)37-15-6-10-29-11-7-17-43(46-42)44(29)37/h1-27H. The summed E-state index contributed by atoms with van der Waals surface area (Å²) in [5.41, 5.74) is 10.7. The fourth-order valence-corrected chi connectivity index (χ4v) is 7.36. The van der Waals surface area contributed by atoms with Gasteiger partial charge in [0.25, 0.3) is 0 Å². The second-order valence-electron chi connectivity index (χ2n) is 12.2. The van der Waals surface area contributed by atoms with Gasteiger partial charge >= 0.3 is 0 Å². The van der Waals surface area contributed by atoms with Crippen LogP contribution in [0.5, 0.6) is 11.5 Å². The molecule has 1 aromatic heterocycles. The molecule has 0 N–H and O–H groups in total. The van der Waals surface area contributed by atoms with Gasteiger partial charge in [0.05, 0.1) is 11.0 Å². The van der Waals surface area contributed by atoms with Crippen LogP contribution >= 0.6 is 0 Å². The third-order valence-electron chi connectivity index (χ3n) is 9.55. The van der Waals surface area contributed by atoms with Crippen molar-refractivity contribution in [2.24, 2.45) is 0 Å². The van der Waals surface area contributed by atoms with Gasteiger partial charge in [-0.2, -0.15) is 0 Å². The van der Waals surface area contributed by atoms with E-state index in [0.717, 1.165) is 22.7 Å². The fourth-order valence-electron chi connectivity index (χ4n) is 7.36. The molecule has 9 aromatic rings. The maximum absolute atomic E-state index is 6.35. The first kappa shape index (κ1) is 25.2. The maximum Gasteiger partial charge on any atom is 0.135 e. The lowest BCUT2D eigenvalue weighted by Gasteiger charge is -2.22. The Hall–Kier alpha value is -6.12. The largest absolute Gasteiger partial charge is 0.456 e. The van der Waals surface area contributed by atoms with Crippen LogP contribution in [0.1, 0.15) is 0 Å². The van der Waals surface area contributed by atoms with Gasteiger partial charge in [0.1, 0.15) is 11.5 Å². The smallest absolute Gasteiger partial charge is 0.135 e.